The van der Waals surface area contributed by atoms with Crippen LogP contribution in [0.25, 0.3) is 0 Å². The standard InChI is InChI=1S/C13H21NO2/c1-5-10(2)16-13-8-12(15-4)7-6-11(13)9-14-3/h6-8,10,14H,5,9H2,1-4H3. The summed E-state index contributed by atoms with van der Waals surface area (Å²) in [6.45, 7) is 4.99. The summed E-state index contributed by atoms with van der Waals surface area (Å²) in [6, 6.07) is 5.93. The number of methoxy groups -OCH3 is 1. The molecule has 0 fully saturated rings. The van der Waals surface area contributed by atoms with Gasteiger partial charge in [0.25, 0.3) is 0 Å². The van der Waals surface area contributed by atoms with Gasteiger partial charge in [-0.05, 0) is 26.5 Å². The van der Waals surface area contributed by atoms with E-state index in [0.29, 0.717) is 0 Å². The van der Waals surface area contributed by atoms with Crippen molar-refractivity contribution in [3.05, 3.63) is 23.8 Å². The molecule has 16 heavy (non-hydrogen) atoms. The lowest BCUT2D eigenvalue weighted by Gasteiger charge is -2.17. The molecule has 0 saturated carbocycles. The third-order valence-corrected chi connectivity index (χ3v) is 2.54. The first kappa shape index (κ1) is 12.8. The SMILES string of the molecule is CCC(C)Oc1cc(OC)ccc1CNC. The number of hydrogen-bond donors (Lipinski definition) is 1. The fourth-order valence-corrected chi connectivity index (χ4v) is 1.41. The first-order valence-electron chi connectivity index (χ1n) is 5.69. The van der Waals surface area contributed by atoms with Crippen LogP contribution in [0.2, 0.25) is 0 Å². The second kappa shape index (κ2) is 6.38. The number of ether oxygens (including phenoxy) is 2. The van der Waals surface area contributed by atoms with Crippen molar-refractivity contribution in [2.24, 2.45) is 0 Å². The van der Waals surface area contributed by atoms with E-state index >= 15 is 0 Å². The highest BCUT2D eigenvalue weighted by molar-refractivity contribution is 5.40. The smallest absolute Gasteiger partial charge is 0.127 e. The van der Waals surface area contributed by atoms with E-state index in [2.05, 4.69) is 19.2 Å². The number of hydrogen-bond acceptors (Lipinski definition) is 3. The monoisotopic (exact) mass is 223 g/mol. The van der Waals surface area contributed by atoms with E-state index in [0.717, 1.165) is 30.0 Å². The van der Waals surface area contributed by atoms with Crippen molar-refractivity contribution in [2.75, 3.05) is 14.2 Å². The maximum Gasteiger partial charge on any atom is 0.127 e. The van der Waals surface area contributed by atoms with Gasteiger partial charge in [0.15, 0.2) is 0 Å². The summed E-state index contributed by atoms with van der Waals surface area (Å²) in [5.41, 5.74) is 1.16. The van der Waals surface area contributed by atoms with Crippen LogP contribution in [0.3, 0.4) is 0 Å². The number of nitrogens with one attached hydrogen (secondary N) is 1. The second-order valence-corrected chi connectivity index (χ2v) is 3.84. The summed E-state index contributed by atoms with van der Waals surface area (Å²) < 4.78 is 11.1. The van der Waals surface area contributed by atoms with E-state index < -0.39 is 0 Å². The predicted molar refractivity (Wildman–Crippen MR) is 66.1 cm³/mol. The van der Waals surface area contributed by atoms with Gasteiger partial charge in [-0.15, -0.1) is 0 Å². The maximum atomic E-state index is 5.87. The van der Waals surface area contributed by atoms with Gasteiger partial charge in [0.05, 0.1) is 13.2 Å². The molecule has 0 radical (unpaired) electrons. The Bertz CT molecular complexity index is 326. The van der Waals surface area contributed by atoms with Crippen LogP contribution >= 0.6 is 0 Å². The highest BCUT2D eigenvalue weighted by atomic mass is 16.5. The molecule has 1 aromatic carbocycles. The molecule has 1 rings (SSSR count). The topological polar surface area (TPSA) is 30.5 Å². The summed E-state index contributed by atoms with van der Waals surface area (Å²) in [5.74, 6) is 1.74. The fraction of sp³-hybridized carbons (Fsp3) is 0.538. The normalized spacial score (nSPS) is 12.2. The van der Waals surface area contributed by atoms with Crippen molar-refractivity contribution in [3.8, 4) is 11.5 Å². The lowest BCUT2D eigenvalue weighted by Crippen LogP contribution is -2.13. The molecule has 1 aromatic rings. The minimum absolute atomic E-state index is 0.225. The van der Waals surface area contributed by atoms with Crippen LogP contribution in [-0.2, 0) is 6.54 Å². The van der Waals surface area contributed by atoms with E-state index in [1.54, 1.807) is 7.11 Å². The Kier molecular flexibility index (Phi) is 5.12. The zero-order valence-electron chi connectivity index (χ0n) is 10.5. The van der Waals surface area contributed by atoms with Gasteiger partial charge in [-0.1, -0.05) is 13.0 Å². The summed E-state index contributed by atoms with van der Waals surface area (Å²) in [4.78, 5) is 0. The van der Waals surface area contributed by atoms with Gasteiger partial charge in [0.2, 0.25) is 0 Å². The van der Waals surface area contributed by atoms with Gasteiger partial charge in [-0.3, -0.25) is 0 Å². The van der Waals surface area contributed by atoms with Gasteiger partial charge in [0.1, 0.15) is 11.5 Å². The van der Waals surface area contributed by atoms with Crippen LogP contribution in [0.15, 0.2) is 18.2 Å². The highest BCUT2D eigenvalue weighted by Crippen LogP contribution is 2.26. The van der Waals surface area contributed by atoms with Crippen LogP contribution < -0.4 is 14.8 Å². The van der Waals surface area contributed by atoms with Crippen LogP contribution in [0, 0.1) is 0 Å². The van der Waals surface area contributed by atoms with Crippen molar-refractivity contribution < 1.29 is 9.47 Å². The Hall–Kier alpha value is -1.22. The van der Waals surface area contributed by atoms with Gasteiger partial charge in [0, 0.05) is 18.2 Å². The van der Waals surface area contributed by atoms with E-state index in [1.165, 1.54) is 0 Å². The summed E-state index contributed by atoms with van der Waals surface area (Å²) >= 11 is 0. The van der Waals surface area contributed by atoms with Crippen LogP contribution in [-0.4, -0.2) is 20.3 Å². The van der Waals surface area contributed by atoms with Crippen molar-refractivity contribution in [2.45, 2.75) is 32.9 Å². The van der Waals surface area contributed by atoms with Crippen molar-refractivity contribution in [1.29, 1.82) is 0 Å². The van der Waals surface area contributed by atoms with Gasteiger partial charge in [-0.25, -0.2) is 0 Å². The van der Waals surface area contributed by atoms with Crippen LogP contribution in [0.5, 0.6) is 11.5 Å². The first-order valence-corrected chi connectivity index (χ1v) is 5.69. The Morgan fingerprint density at radius 2 is 2.12 bits per heavy atom. The highest BCUT2D eigenvalue weighted by Gasteiger charge is 2.08. The molecule has 0 saturated heterocycles. The molecule has 0 heterocycles. The van der Waals surface area contributed by atoms with Crippen LogP contribution in [0.4, 0.5) is 0 Å². The summed E-state index contributed by atoms with van der Waals surface area (Å²) in [6.07, 6.45) is 1.22. The molecule has 0 spiro atoms. The zero-order valence-corrected chi connectivity index (χ0v) is 10.5. The molecule has 0 amide bonds. The minimum atomic E-state index is 0.225. The molecule has 90 valence electrons. The Balaban J connectivity index is 2.90. The molecule has 3 heteroatoms. The van der Waals surface area contributed by atoms with E-state index in [-0.39, 0.29) is 6.10 Å². The molecule has 0 bridgehead atoms. The van der Waals surface area contributed by atoms with E-state index in [9.17, 15) is 0 Å². The molecule has 0 aliphatic rings. The lowest BCUT2D eigenvalue weighted by molar-refractivity contribution is 0.214. The van der Waals surface area contributed by atoms with Crippen LogP contribution in [0.1, 0.15) is 25.8 Å². The average molecular weight is 223 g/mol. The molecular formula is C13H21NO2. The Labute approximate surface area is 97.8 Å². The molecule has 0 aromatic heterocycles. The van der Waals surface area contributed by atoms with Crippen molar-refractivity contribution >= 4 is 0 Å². The predicted octanol–water partition coefficient (Wildman–Crippen LogP) is 2.59. The average Bonchev–Trinajstić information content (AvgIpc) is 2.31. The Morgan fingerprint density at radius 1 is 1.38 bits per heavy atom. The molecule has 1 atom stereocenters. The van der Waals surface area contributed by atoms with Gasteiger partial charge in [-0.2, -0.15) is 0 Å². The molecular weight excluding hydrogens is 202 g/mol. The fourth-order valence-electron chi connectivity index (χ4n) is 1.41. The molecule has 1 unspecified atom stereocenters. The molecule has 0 aliphatic carbocycles. The first-order chi connectivity index (χ1) is 7.71. The molecule has 3 nitrogen and oxygen atoms in total. The minimum Gasteiger partial charge on any atom is -0.497 e. The third kappa shape index (κ3) is 3.42. The summed E-state index contributed by atoms with van der Waals surface area (Å²) in [5, 5.41) is 3.13. The lowest BCUT2D eigenvalue weighted by atomic mass is 10.2. The largest absolute Gasteiger partial charge is 0.497 e. The summed E-state index contributed by atoms with van der Waals surface area (Å²) in [7, 11) is 3.59. The molecule has 0 aliphatic heterocycles. The van der Waals surface area contributed by atoms with Crippen molar-refractivity contribution in [3.63, 3.8) is 0 Å². The van der Waals surface area contributed by atoms with Crippen molar-refractivity contribution in [1.82, 2.24) is 5.32 Å². The number of rotatable bonds is 6. The van der Waals surface area contributed by atoms with E-state index in [4.69, 9.17) is 9.47 Å². The van der Waals surface area contributed by atoms with Gasteiger partial charge >= 0.3 is 0 Å². The van der Waals surface area contributed by atoms with Gasteiger partial charge < -0.3 is 14.8 Å². The maximum absolute atomic E-state index is 5.87. The number of benzene rings is 1. The second-order valence-electron chi connectivity index (χ2n) is 3.84. The zero-order chi connectivity index (χ0) is 12.0. The Morgan fingerprint density at radius 3 is 2.69 bits per heavy atom. The quantitative estimate of drug-likeness (QED) is 0.804. The third-order valence-electron chi connectivity index (χ3n) is 2.54. The molecule has 1 N–H and O–H groups in total. The van der Waals surface area contributed by atoms with E-state index in [1.807, 2.05) is 25.2 Å².